The molecule has 0 radical (unpaired) electrons. The number of halogens is 3. The molecule has 0 bridgehead atoms. The molecule has 4 aromatic rings. The molecule has 7 nitrogen and oxygen atoms in total. The maximum absolute atomic E-state index is 14.8. The molecule has 4 rings (SSSR count). The fourth-order valence-electron chi connectivity index (χ4n) is 3.67. The van der Waals surface area contributed by atoms with Crippen molar-refractivity contribution in [2.45, 2.75) is 13.5 Å². The number of hydrogen-bond acceptors (Lipinski definition) is 5. The minimum absolute atomic E-state index is 0.0205. The Balaban J connectivity index is 1.79. The van der Waals surface area contributed by atoms with Crippen LogP contribution in [-0.4, -0.2) is 17.6 Å². The van der Waals surface area contributed by atoms with E-state index in [1.165, 1.54) is 29.8 Å². The normalized spacial score (nSPS) is 10.7. The van der Waals surface area contributed by atoms with E-state index in [4.69, 9.17) is 9.47 Å². The molecule has 10 heteroatoms. The summed E-state index contributed by atoms with van der Waals surface area (Å²) in [4.78, 5) is 26.4. The second-order valence-corrected chi connectivity index (χ2v) is 9.64. The topological polar surface area (TPSA) is 81.6 Å². The highest BCUT2D eigenvalue weighted by Crippen LogP contribution is 2.33. The zero-order chi connectivity index (χ0) is 27.4. The third-order valence-corrected chi connectivity index (χ3v) is 6.47. The van der Waals surface area contributed by atoms with E-state index in [0.29, 0.717) is 14.9 Å². The van der Waals surface area contributed by atoms with Crippen molar-refractivity contribution in [3.05, 3.63) is 109 Å². The van der Waals surface area contributed by atoms with Gasteiger partial charge in [-0.05, 0) is 77.0 Å². The predicted molar refractivity (Wildman–Crippen MR) is 149 cm³/mol. The molecule has 0 aliphatic carbocycles. The van der Waals surface area contributed by atoms with E-state index in [-0.39, 0.29) is 35.1 Å². The van der Waals surface area contributed by atoms with Crippen LogP contribution in [0.4, 0.5) is 20.3 Å². The van der Waals surface area contributed by atoms with Crippen LogP contribution in [0.25, 0.3) is 0 Å². The number of anilines is 2. The van der Waals surface area contributed by atoms with Crippen LogP contribution in [0, 0.1) is 22.1 Å². The predicted octanol–water partition coefficient (Wildman–Crippen LogP) is 6.05. The number of ether oxygens (including phenoxy) is 2. The molecule has 1 heterocycles. The van der Waals surface area contributed by atoms with Crippen LogP contribution in [0.5, 0.6) is 17.2 Å². The Morgan fingerprint density at radius 2 is 1.76 bits per heavy atom. The Bertz CT molecular complexity index is 1560. The molecule has 0 fully saturated rings. The van der Waals surface area contributed by atoms with Gasteiger partial charge in [-0.3, -0.25) is 14.2 Å². The molecule has 1 amide bonds. The highest BCUT2D eigenvalue weighted by Gasteiger charge is 2.24. The summed E-state index contributed by atoms with van der Waals surface area (Å²) in [5.41, 5.74) is 0.515. The summed E-state index contributed by atoms with van der Waals surface area (Å²) in [6.45, 7) is 1.71. The third kappa shape index (κ3) is 5.96. The standard InChI is InChI=1S/C28H24F2IN3O4/c1-16-5-4-6-22(26(16)30)38-23-14-24(35)34(2)27(33-21-12-9-18(31)13-20(21)29)25(23)28(36)32-15-17-7-10-19(37-3)11-8-17/h4-14,33H,15H2,1-3H3,(H,32,36). The van der Waals surface area contributed by atoms with Crippen molar-refractivity contribution in [3.63, 3.8) is 0 Å². The van der Waals surface area contributed by atoms with E-state index in [1.54, 1.807) is 56.5 Å². The molecule has 3 aromatic carbocycles. The first-order chi connectivity index (χ1) is 18.2. The van der Waals surface area contributed by atoms with E-state index in [0.717, 1.165) is 11.6 Å². The molecule has 2 N–H and O–H groups in total. The number of aromatic nitrogens is 1. The smallest absolute Gasteiger partial charge is 0.259 e. The van der Waals surface area contributed by atoms with Crippen molar-refractivity contribution in [2.75, 3.05) is 12.4 Å². The van der Waals surface area contributed by atoms with Crippen molar-refractivity contribution < 1.29 is 23.0 Å². The van der Waals surface area contributed by atoms with Crippen molar-refractivity contribution in [1.82, 2.24) is 9.88 Å². The minimum Gasteiger partial charge on any atom is -0.497 e. The lowest BCUT2D eigenvalue weighted by atomic mass is 10.1. The van der Waals surface area contributed by atoms with Gasteiger partial charge >= 0.3 is 0 Å². The molecule has 1 aromatic heterocycles. The number of carbonyl (C=O) groups excluding carboxylic acids is 1. The van der Waals surface area contributed by atoms with E-state index in [9.17, 15) is 18.4 Å². The van der Waals surface area contributed by atoms with E-state index in [2.05, 4.69) is 10.6 Å². The van der Waals surface area contributed by atoms with E-state index >= 15 is 0 Å². The van der Waals surface area contributed by atoms with Gasteiger partial charge in [-0.15, -0.1) is 0 Å². The summed E-state index contributed by atoms with van der Waals surface area (Å²) in [5, 5.41) is 5.65. The monoisotopic (exact) mass is 631 g/mol. The van der Waals surface area contributed by atoms with Gasteiger partial charge in [0.05, 0.1) is 12.8 Å². The van der Waals surface area contributed by atoms with Gasteiger partial charge in [0.1, 0.15) is 28.7 Å². The summed E-state index contributed by atoms with van der Waals surface area (Å²) in [6, 6.07) is 17.2. The third-order valence-electron chi connectivity index (χ3n) is 5.80. The van der Waals surface area contributed by atoms with Gasteiger partial charge in [-0.2, -0.15) is 0 Å². The van der Waals surface area contributed by atoms with Crippen LogP contribution >= 0.6 is 22.6 Å². The Labute approximate surface area is 231 Å². The van der Waals surface area contributed by atoms with Gasteiger partial charge < -0.3 is 20.1 Å². The number of carbonyl (C=O) groups is 1. The molecule has 0 spiro atoms. The first-order valence-electron chi connectivity index (χ1n) is 11.5. The van der Waals surface area contributed by atoms with Crippen molar-refractivity contribution >= 4 is 40.0 Å². The van der Waals surface area contributed by atoms with E-state index < -0.39 is 23.1 Å². The Morgan fingerprint density at radius 3 is 2.45 bits per heavy atom. The lowest BCUT2D eigenvalue weighted by molar-refractivity contribution is 0.0948. The van der Waals surface area contributed by atoms with Gasteiger partial charge in [0.15, 0.2) is 11.6 Å². The fraction of sp³-hybridized carbons (Fsp3) is 0.143. The molecule has 0 saturated heterocycles. The molecule has 38 heavy (non-hydrogen) atoms. The number of amides is 1. The van der Waals surface area contributed by atoms with Gasteiger partial charge in [0, 0.05) is 23.2 Å². The highest BCUT2D eigenvalue weighted by atomic mass is 127. The summed E-state index contributed by atoms with van der Waals surface area (Å²) in [6.07, 6.45) is 0. The lowest BCUT2D eigenvalue weighted by Gasteiger charge is -2.20. The molecule has 0 unspecified atom stereocenters. The molecule has 196 valence electrons. The number of hydrogen-bond donors (Lipinski definition) is 2. The average molecular weight is 631 g/mol. The number of rotatable bonds is 8. The zero-order valence-corrected chi connectivity index (χ0v) is 22.9. The van der Waals surface area contributed by atoms with Crippen LogP contribution in [0.3, 0.4) is 0 Å². The number of benzene rings is 3. The Kier molecular flexibility index (Phi) is 8.30. The maximum Gasteiger partial charge on any atom is 0.259 e. The first kappa shape index (κ1) is 27.1. The first-order valence-corrected chi connectivity index (χ1v) is 12.6. The zero-order valence-electron chi connectivity index (χ0n) is 20.8. The van der Waals surface area contributed by atoms with Crippen molar-refractivity contribution in [2.24, 2.45) is 7.05 Å². The minimum atomic E-state index is -0.629. The molecule has 0 atom stereocenters. The number of aryl methyl sites for hydroxylation is 1. The molecular weight excluding hydrogens is 607 g/mol. The molecule has 0 saturated carbocycles. The van der Waals surface area contributed by atoms with Crippen molar-refractivity contribution in [3.8, 4) is 17.2 Å². The summed E-state index contributed by atoms with van der Waals surface area (Å²) >= 11 is 1.98. The second kappa shape index (κ2) is 11.6. The fourth-order valence-corrected chi connectivity index (χ4v) is 4.13. The van der Waals surface area contributed by atoms with Gasteiger partial charge in [0.25, 0.3) is 11.5 Å². The largest absolute Gasteiger partial charge is 0.497 e. The number of methoxy groups -OCH3 is 1. The van der Waals surface area contributed by atoms with Gasteiger partial charge in [0.2, 0.25) is 0 Å². The van der Waals surface area contributed by atoms with Crippen LogP contribution < -0.4 is 25.7 Å². The SMILES string of the molecule is COc1ccc(CNC(=O)c2c(Oc3cccc(C)c3F)cc(=O)n(C)c2Nc2ccc(I)cc2F)cc1. The summed E-state index contributed by atoms with van der Waals surface area (Å²) < 4.78 is 42.3. The Morgan fingerprint density at radius 1 is 1.03 bits per heavy atom. The summed E-state index contributed by atoms with van der Waals surface area (Å²) in [5.74, 6) is -1.52. The molecular formula is C28H24F2IN3O4. The van der Waals surface area contributed by atoms with Crippen LogP contribution in [0.15, 0.2) is 71.5 Å². The average Bonchev–Trinajstić information content (AvgIpc) is 2.90. The van der Waals surface area contributed by atoms with Gasteiger partial charge in [-0.1, -0.05) is 24.3 Å². The number of pyridine rings is 1. The second-order valence-electron chi connectivity index (χ2n) is 8.40. The maximum atomic E-state index is 14.8. The highest BCUT2D eigenvalue weighted by molar-refractivity contribution is 14.1. The quantitative estimate of drug-likeness (QED) is 0.232. The lowest BCUT2D eigenvalue weighted by Crippen LogP contribution is -2.29. The number of nitrogens with one attached hydrogen (secondary N) is 2. The molecule has 0 aliphatic rings. The van der Waals surface area contributed by atoms with Gasteiger partial charge in [-0.25, -0.2) is 8.78 Å². The van der Waals surface area contributed by atoms with Crippen LogP contribution in [-0.2, 0) is 13.6 Å². The van der Waals surface area contributed by atoms with Crippen molar-refractivity contribution in [1.29, 1.82) is 0 Å². The van der Waals surface area contributed by atoms with E-state index in [1.807, 2.05) is 22.6 Å². The molecule has 0 aliphatic heterocycles. The summed E-state index contributed by atoms with van der Waals surface area (Å²) in [7, 11) is 2.99. The van der Waals surface area contributed by atoms with Crippen LogP contribution in [0.1, 0.15) is 21.5 Å². The Hall–Kier alpha value is -3.93. The number of nitrogens with zero attached hydrogens (tertiary/aromatic N) is 1. The van der Waals surface area contributed by atoms with Crippen LogP contribution in [0.2, 0.25) is 0 Å².